The fourth-order valence-electron chi connectivity index (χ4n) is 10.8. The van der Waals surface area contributed by atoms with Gasteiger partial charge in [-0.3, -0.25) is 0 Å². The van der Waals surface area contributed by atoms with E-state index in [1.165, 1.54) is 66.8 Å². The first-order chi connectivity index (χ1) is 33.8. The summed E-state index contributed by atoms with van der Waals surface area (Å²) >= 11 is 0. The molecular formula is C67H47N. The van der Waals surface area contributed by atoms with Gasteiger partial charge in [0.2, 0.25) is 0 Å². The zero-order chi connectivity index (χ0) is 45.3. The van der Waals surface area contributed by atoms with Crippen molar-refractivity contribution in [2.75, 3.05) is 4.90 Å². The van der Waals surface area contributed by atoms with Crippen LogP contribution in [0.4, 0.5) is 17.1 Å². The molecule has 0 unspecified atom stereocenters. The lowest BCUT2D eigenvalue weighted by molar-refractivity contribution is 0.768. The van der Waals surface area contributed by atoms with Crippen LogP contribution < -0.4 is 4.90 Å². The topological polar surface area (TPSA) is 3.24 Å². The minimum atomic E-state index is -0.511. The molecule has 0 saturated heterocycles. The van der Waals surface area contributed by atoms with Gasteiger partial charge < -0.3 is 4.90 Å². The van der Waals surface area contributed by atoms with Gasteiger partial charge in [-0.1, -0.05) is 261 Å². The van der Waals surface area contributed by atoms with Crippen LogP contribution in [0.3, 0.4) is 0 Å². The van der Waals surface area contributed by atoms with Crippen molar-refractivity contribution < 1.29 is 0 Å². The summed E-state index contributed by atoms with van der Waals surface area (Å²) < 4.78 is 0. The molecule has 0 aliphatic heterocycles. The lowest BCUT2D eigenvalue weighted by atomic mass is 9.68. The molecule has 1 aliphatic carbocycles. The van der Waals surface area contributed by atoms with Crippen LogP contribution in [-0.4, -0.2) is 0 Å². The largest absolute Gasteiger partial charge is 0.309 e. The zero-order valence-electron chi connectivity index (χ0n) is 37.6. The maximum atomic E-state index is 2.53. The third-order valence-electron chi connectivity index (χ3n) is 13.8. The maximum Gasteiger partial charge on any atom is 0.0713 e. The predicted molar refractivity (Wildman–Crippen MR) is 286 cm³/mol. The van der Waals surface area contributed by atoms with Gasteiger partial charge in [-0.2, -0.15) is 0 Å². The molecule has 0 atom stereocenters. The molecule has 1 aliphatic rings. The van der Waals surface area contributed by atoms with Crippen molar-refractivity contribution in [3.05, 3.63) is 307 Å². The molecular weight excluding hydrogens is 819 g/mol. The van der Waals surface area contributed by atoms with Gasteiger partial charge in [-0.25, -0.2) is 0 Å². The van der Waals surface area contributed by atoms with Gasteiger partial charge in [-0.05, 0) is 102 Å². The molecule has 0 N–H and O–H groups in total. The van der Waals surface area contributed by atoms with E-state index in [1.807, 2.05) is 0 Å². The van der Waals surface area contributed by atoms with E-state index in [0.717, 1.165) is 39.3 Å². The first-order valence-corrected chi connectivity index (χ1v) is 23.5. The molecule has 12 rings (SSSR count). The second-order valence-electron chi connectivity index (χ2n) is 17.5. The van der Waals surface area contributed by atoms with Crippen LogP contribution in [0.1, 0.15) is 22.3 Å². The van der Waals surface area contributed by atoms with E-state index in [2.05, 4.69) is 290 Å². The lowest BCUT2D eigenvalue weighted by Crippen LogP contribution is -2.28. The maximum absolute atomic E-state index is 2.53. The quantitative estimate of drug-likeness (QED) is 0.132. The highest BCUT2D eigenvalue weighted by Crippen LogP contribution is 2.58. The second kappa shape index (κ2) is 17.5. The Morgan fingerprint density at radius 3 is 1.28 bits per heavy atom. The normalized spacial score (nSPS) is 12.2. The van der Waals surface area contributed by atoms with E-state index in [0.29, 0.717) is 0 Å². The van der Waals surface area contributed by atoms with Crippen LogP contribution in [0.2, 0.25) is 0 Å². The van der Waals surface area contributed by atoms with Gasteiger partial charge in [0.15, 0.2) is 0 Å². The van der Waals surface area contributed by atoms with Crippen molar-refractivity contribution >= 4 is 17.1 Å². The summed E-state index contributed by atoms with van der Waals surface area (Å²) in [4.78, 5) is 2.53. The Hall–Kier alpha value is -8.78. The van der Waals surface area contributed by atoms with Gasteiger partial charge in [0, 0.05) is 16.8 Å². The first-order valence-electron chi connectivity index (χ1n) is 23.5. The molecule has 0 amide bonds. The molecule has 320 valence electrons. The molecule has 11 aromatic carbocycles. The van der Waals surface area contributed by atoms with Gasteiger partial charge in [0.05, 0.1) is 16.8 Å². The molecule has 1 nitrogen and oxygen atoms in total. The highest BCUT2D eigenvalue weighted by Gasteiger charge is 2.46. The van der Waals surface area contributed by atoms with Crippen LogP contribution >= 0.6 is 0 Å². The Kier molecular flexibility index (Phi) is 10.5. The second-order valence-corrected chi connectivity index (χ2v) is 17.5. The van der Waals surface area contributed by atoms with Crippen molar-refractivity contribution in [2.24, 2.45) is 0 Å². The van der Waals surface area contributed by atoms with E-state index >= 15 is 0 Å². The zero-order valence-corrected chi connectivity index (χ0v) is 37.6. The minimum absolute atomic E-state index is 0.511. The molecule has 0 bridgehead atoms. The highest BCUT2D eigenvalue weighted by molar-refractivity contribution is 6.03. The third kappa shape index (κ3) is 6.96. The number of hydrogen-bond donors (Lipinski definition) is 0. The van der Waals surface area contributed by atoms with E-state index in [-0.39, 0.29) is 0 Å². The molecule has 11 aromatic rings. The Bertz CT molecular complexity index is 3490. The van der Waals surface area contributed by atoms with Crippen LogP contribution in [0, 0.1) is 0 Å². The van der Waals surface area contributed by atoms with Crippen LogP contribution in [0.25, 0.3) is 66.8 Å². The number of benzene rings is 11. The molecule has 0 heterocycles. The van der Waals surface area contributed by atoms with Gasteiger partial charge in [-0.15, -0.1) is 0 Å². The lowest BCUT2D eigenvalue weighted by Gasteiger charge is -2.34. The first kappa shape index (κ1) is 40.7. The smallest absolute Gasteiger partial charge is 0.0713 e. The number of rotatable bonds is 10. The van der Waals surface area contributed by atoms with E-state index < -0.39 is 5.41 Å². The molecule has 0 radical (unpaired) electrons. The summed E-state index contributed by atoms with van der Waals surface area (Å²) in [5.74, 6) is 0. The molecule has 68 heavy (non-hydrogen) atoms. The standard InChI is InChI=1S/C67H47N/c1-6-23-48(24-7-1)49-41-43-52(44-42-49)57-34-19-21-39-64(57)68(65-40-22-37-58(51-27-10-3-11-28-51)66(65)60-36-17-16-33-56(60)50-25-8-2-9-26-50)55-45-46-63-61(47-55)59-35-18-20-38-62(59)67(63,53-29-12-4-13-30-53)54-31-14-5-15-32-54/h1-47H. The number of hydrogen-bond acceptors (Lipinski definition) is 1. The summed E-state index contributed by atoms with van der Waals surface area (Å²) in [5, 5.41) is 0. The minimum Gasteiger partial charge on any atom is -0.309 e. The van der Waals surface area contributed by atoms with Crippen LogP contribution in [0.15, 0.2) is 285 Å². The van der Waals surface area contributed by atoms with E-state index in [1.54, 1.807) is 0 Å². The van der Waals surface area contributed by atoms with Crippen LogP contribution in [-0.2, 0) is 5.41 Å². The predicted octanol–water partition coefficient (Wildman–Crippen LogP) is 17.9. The van der Waals surface area contributed by atoms with Crippen molar-refractivity contribution in [3.8, 4) is 66.8 Å². The van der Waals surface area contributed by atoms with Crippen molar-refractivity contribution in [1.29, 1.82) is 0 Å². The number of anilines is 3. The summed E-state index contributed by atoms with van der Waals surface area (Å²) in [6, 6.07) is 104. The third-order valence-corrected chi connectivity index (χ3v) is 13.8. The van der Waals surface area contributed by atoms with E-state index in [9.17, 15) is 0 Å². The molecule has 0 spiro atoms. The summed E-state index contributed by atoms with van der Waals surface area (Å²) in [7, 11) is 0. The average Bonchev–Trinajstić information content (AvgIpc) is 3.73. The van der Waals surface area contributed by atoms with Crippen molar-refractivity contribution in [3.63, 3.8) is 0 Å². The fourth-order valence-corrected chi connectivity index (χ4v) is 10.8. The Balaban J connectivity index is 1.15. The molecule has 0 aromatic heterocycles. The monoisotopic (exact) mass is 865 g/mol. The average molecular weight is 866 g/mol. The number of fused-ring (bicyclic) bond motifs is 3. The van der Waals surface area contributed by atoms with E-state index in [4.69, 9.17) is 0 Å². The van der Waals surface area contributed by atoms with Gasteiger partial charge in [0.1, 0.15) is 0 Å². The summed E-state index contributed by atoms with van der Waals surface area (Å²) in [6.07, 6.45) is 0. The van der Waals surface area contributed by atoms with Crippen LogP contribution in [0.5, 0.6) is 0 Å². The fraction of sp³-hybridized carbons (Fsp3) is 0.0149. The number of para-hydroxylation sites is 1. The highest BCUT2D eigenvalue weighted by atomic mass is 15.1. The Morgan fingerprint density at radius 2 is 0.647 bits per heavy atom. The van der Waals surface area contributed by atoms with Crippen molar-refractivity contribution in [2.45, 2.75) is 5.41 Å². The van der Waals surface area contributed by atoms with Crippen molar-refractivity contribution in [1.82, 2.24) is 0 Å². The van der Waals surface area contributed by atoms with Gasteiger partial charge >= 0.3 is 0 Å². The molecule has 0 fully saturated rings. The number of nitrogens with zero attached hydrogens (tertiary/aromatic N) is 1. The summed E-state index contributed by atoms with van der Waals surface area (Å²) in [5.41, 5.74) is 22.0. The Labute approximate surface area is 399 Å². The molecule has 0 saturated carbocycles. The summed E-state index contributed by atoms with van der Waals surface area (Å²) in [6.45, 7) is 0. The van der Waals surface area contributed by atoms with Gasteiger partial charge in [0.25, 0.3) is 0 Å². The molecule has 1 heteroatoms. The SMILES string of the molecule is c1ccc(-c2ccc(-c3ccccc3N(c3ccc4c(c3)-c3ccccc3C4(c3ccccc3)c3ccccc3)c3cccc(-c4ccccc4)c3-c3ccccc3-c3ccccc3)cc2)cc1. The Morgan fingerprint density at radius 1 is 0.235 bits per heavy atom.